The van der Waals surface area contributed by atoms with E-state index in [9.17, 15) is 9.90 Å². The van der Waals surface area contributed by atoms with E-state index in [4.69, 9.17) is 8.83 Å². The normalized spacial score (nSPS) is 12.3. The predicted octanol–water partition coefficient (Wildman–Crippen LogP) is 5.08. The number of aromatic nitrogens is 2. The molecule has 2 heterocycles. The Bertz CT molecular complexity index is 1220. The molecule has 0 aliphatic heterocycles. The third kappa shape index (κ3) is 4.41. The van der Waals surface area contributed by atoms with Crippen molar-refractivity contribution in [2.24, 2.45) is 0 Å². The summed E-state index contributed by atoms with van der Waals surface area (Å²) in [5.41, 5.74) is 2.75. The van der Waals surface area contributed by atoms with Gasteiger partial charge in [-0.3, -0.25) is 0 Å². The third-order valence-corrected chi connectivity index (χ3v) is 5.93. The van der Waals surface area contributed by atoms with Crippen molar-refractivity contribution in [1.82, 2.24) is 10.2 Å². The minimum absolute atomic E-state index is 0.132. The number of fused-ring (bicyclic) bond motifs is 1. The van der Waals surface area contributed by atoms with Gasteiger partial charge >= 0.3 is 5.63 Å². The number of nitrogens with zero attached hydrogens (tertiary/aromatic N) is 2. The number of aryl methyl sites for hydroxylation is 1. The molecule has 2 aromatic carbocycles. The molecule has 0 aliphatic carbocycles. The van der Waals surface area contributed by atoms with Crippen LogP contribution in [0.15, 0.2) is 67.4 Å². The predicted molar refractivity (Wildman–Crippen MR) is 116 cm³/mol. The Morgan fingerprint density at radius 3 is 2.63 bits per heavy atom. The smallest absolute Gasteiger partial charge is 0.336 e. The Labute approximate surface area is 178 Å². The van der Waals surface area contributed by atoms with Crippen LogP contribution in [0.2, 0.25) is 0 Å². The first-order valence-corrected chi connectivity index (χ1v) is 10.8. The lowest BCUT2D eigenvalue weighted by atomic mass is 9.98. The van der Waals surface area contributed by atoms with Gasteiger partial charge in [0.1, 0.15) is 11.3 Å². The highest BCUT2D eigenvalue weighted by Gasteiger charge is 2.15. The Morgan fingerprint density at radius 2 is 1.87 bits per heavy atom. The van der Waals surface area contributed by atoms with Gasteiger partial charge in [-0.15, -0.1) is 10.2 Å². The molecule has 1 atom stereocenters. The van der Waals surface area contributed by atoms with E-state index < -0.39 is 5.63 Å². The molecule has 0 aliphatic rings. The van der Waals surface area contributed by atoms with Crippen molar-refractivity contribution >= 4 is 22.7 Å². The lowest BCUT2D eigenvalue weighted by Crippen LogP contribution is -2.00. The van der Waals surface area contributed by atoms with Gasteiger partial charge in [-0.2, -0.15) is 0 Å². The Hall–Kier alpha value is -3.06. The van der Waals surface area contributed by atoms with Crippen LogP contribution in [-0.2, 0) is 18.6 Å². The van der Waals surface area contributed by atoms with Crippen LogP contribution >= 0.6 is 11.8 Å². The minimum Gasteiger partial charge on any atom is -0.508 e. The topological polar surface area (TPSA) is 89.4 Å². The molecule has 0 saturated heterocycles. The van der Waals surface area contributed by atoms with Gasteiger partial charge in [0.05, 0.1) is 0 Å². The first-order valence-electron chi connectivity index (χ1n) is 9.82. The van der Waals surface area contributed by atoms with Crippen LogP contribution in [-0.4, -0.2) is 15.3 Å². The largest absolute Gasteiger partial charge is 0.508 e. The van der Waals surface area contributed by atoms with Crippen molar-refractivity contribution < 1.29 is 13.9 Å². The number of phenolic OH excluding ortho intramolecular Hbond substituents is 1. The van der Waals surface area contributed by atoms with E-state index in [-0.39, 0.29) is 11.7 Å². The monoisotopic (exact) mass is 422 g/mol. The maximum absolute atomic E-state index is 11.9. The molecule has 0 bridgehead atoms. The highest BCUT2D eigenvalue weighted by atomic mass is 32.2. The number of aromatic hydroxyl groups is 1. The summed E-state index contributed by atoms with van der Waals surface area (Å²) in [5.74, 6) is 1.47. The molecule has 6 nitrogen and oxygen atoms in total. The van der Waals surface area contributed by atoms with E-state index in [1.165, 1.54) is 29.5 Å². The average Bonchev–Trinajstić information content (AvgIpc) is 3.19. The number of rotatable bonds is 7. The minimum atomic E-state index is -0.454. The molecule has 0 saturated carbocycles. The van der Waals surface area contributed by atoms with E-state index in [2.05, 4.69) is 29.3 Å². The molecule has 1 N–H and O–H groups in total. The Kier molecular flexibility index (Phi) is 5.90. The van der Waals surface area contributed by atoms with E-state index in [1.807, 2.05) is 31.2 Å². The standard InChI is InChI=1S/C23H22N2O4S/c1-3-15-10-18-17(11-22(27)28-20(18)12-19(15)26)13-30-23-25-24-21(29-23)9-14(2)16-7-5-4-6-8-16/h4-8,10-12,14,26H,3,9,13H2,1-2H3/t14-/m0/s1. The van der Waals surface area contributed by atoms with Crippen molar-refractivity contribution in [2.75, 3.05) is 0 Å². The van der Waals surface area contributed by atoms with Gasteiger partial charge in [0, 0.05) is 29.7 Å². The van der Waals surface area contributed by atoms with Crippen molar-refractivity contribution in [3.05, 3.63) is 81.5 Å². The van der Waals surface area contributed by atoms with Crippen LogP contribution in [0.5, 0.6) is 5.75 Å². The zero-order valence-corrected chi connectivity index (χ0v) is 17.6. The summed E-state index contributed by atoms with van der Waals surface area (Å²) in [6.07, 6.45) is 1.34. The summed E-state index contributed by atoms with van der Waals surface area (Å²) >= 11 is 1.38. The van der Waals surface area contributed by atoms with E-state index in [1.54, 1.807) is 0 Å². The molecule has 0 radical (unpaired) electrons. The molecule has 0 fully saturated rings. The second kappa shape index (κ2) is 8.75. The molecule has 4 aromatic rings. The van der Waals surface area contributed by atoms with Crippen LogP contribution in [0.1, 0.15) is 42.3 Å². The van der Waals surface area contributed by atoms with Gasteiger partial charge in [-0.05, 0) is 35.1 Å². The molecule has 30 heavy (non-hydrogen) atoms. The molecule has 7 heteroatoms. The van der Waals surface area contributed by atoms with E-state index >= 15 is 0 Å². The van der Waals surface area contributed by atoms with Crippen LogP contribution in [0, 0.1) is 0 Å². The molecular formula is C23H22N2O4S. The molecule has 4 rings (SSSR count). The summed E-state index contributed by atoms with van der Waals surface area (Å²) in [6.45, 7) is 4.09. The van der Waals surface area contributed by atoms with Crippen molar-refractivity contribution in [1.29, 1.82) is 0 Å². The summed E-state index contributed by atoms with van der Waals surface area (Å²) in [6, 6.07) is 15.0. The van der Waals surface area contributed by atoms with Crippen molar-refractivity contribution in [3.63, 3.8) is 0 Å². The Morgan fingerprint density at radius 1 is 1.07 bits per heavy atom. The first kappa shape index (κ1) is 20.2. The molecule has 154 valence electrons. The quantitative estimate of drug-likeness (QED) is 0.328. The van der Waals surface area contributed by atoms with Crippen LogP contribution in [0.3, 0.4) is 0 Å². The number of benzene rings is 2. The second-order valence-electron chi connectivity index (χ2n) is 7.19. The maximum Gasteiger partial charge on any atom is 0.336 e. The zero-order chi connectivity index (χ0) is 21.1. The molecule has 0 unspecified atom stereocenters. The van der Waals surface area contributed by atoms with Crippen molar-refractivity contribution in [3.8, 4) is 5.75 Å². The fraction of sp³-hybridized carbons (Fsp3) is 0.261. The van der Waals surface area contributed by atoms with Gasteiger partial charge in [-0.1, -0.05) is 55.9 Å². The lowest BCUT2D eigenvalue weighted by molar-refractivity contribution is 0.404. The molecule has 0 spiro atoms. The highest BCUT2D eigenvalue weighted by Crippen LogP contribution is 2.30. The third-order valence-electron chi connectivity index (χ3n) is 5.06. The first-order chi connectivity index (χ1) is 14.5. The highest BCUT2D eigenvalue weighted by molar-refractivity contribution is 7.98. The van der Waals surface area contributed by atoms with Gasteiger partial charge < -0.3 is 13.9 Å². The lowest BCUT2D eigenvalue weighted by Gasteiger charge is -2.08. The summed E-state index contributed by atoms with van der Waals surface area (Å²) < 4.78 is 11.1. The second-order valence-corrected chi connectivity index (χ2v) is 8.11. The van der Waals surface area contributed by atoms with Gasteiger partial charge in [0.2, 0.25) is 5.89 Å². The Balaban J connectivity index is 1.50. The summed E-state index contributed by atoms with van der Waals surface area (Å²) in [4.78, 5) is 11.9. The van der Waals surface area contributed by atoms with Crippen molar-refractivity contribution in [2.45, 2.75) is 43.6 Å². The molecule has 2 aromatic heterocycles. The zero-order valence-electron chi connectivity index (χ0n) is 16.8. The number of phenols is 1. The van der Waals surface area contributed by atoms with E-state index in [0.29, 0.717) is 35.3 Å². The number of hydrogen-bond donors (Lipinski definition) is 1. The average molecular weight is 423 g/mol. The van der Waals surface area contributed by atoms with Gasteiger partial charge in [0.25, 0.3) is 5.22 Å². The maximum atomic E-state index is 11.9. The molecular weight excluding hydrogens is 400 g/mol. The van der Waals surface area contributed by atoms with Crippen LogP contribution in [0.25, 0.3) is 11.0 Å². The summed E-state index contributed by atoms with van der Waals surface area (Å²) in [5, 5.41) is 19.6. The summed E-state index contributed by atoms with van der Waals surface area (Å²) in [7, 11) is 0. The van der Waals surface area contributed by atoms with Gasteiger partial charge in [-0.25, -0.2) is 4.79 Å². The number of hydrogen-bond acceptors (Lipinski definition) is 7. The van der Waals surface area contributed by atoms with Crippen LogP contribution in [0.4, 0.5) is 0 Å². The SMILES string of the molecule is CCc1cc2c(CSc3nnc(C[C@H](C)c4ccccc4)o3)cc(=O)oc2cc1O. The fourth-order valence-electron chi connectivity index (χ4n) is 3.39. The number of thioether (sulfide) groups is 1. The van der Waals surface area contributed by atoms with Crippen LogP contribution < -0.4 is 5.63 Å². The van der Waals surface area contributed by atoms with E-state index in [0.717, 1.165) is 16.5 Å². The fourth-order valence-corrected chi connectivity index (χ4v) is 4.16. The molecule has 0 amide bonds. The van der Waals surface area contributed by atoms with Gasteiger partial charge in [0.15, 0.2) is 0 Å².